The fourth-order valence-corrected chi connectivity index (χ4v) is 2.19. The smallest absolute Gasteiger partial charge is 0.0230 e. The molecule has 1 aromatic rings. The van der Waals surface area contributed by atoms with Crippen LogP contribution in [-0.4, -0.2) is 31.6 Å². The zero-order valence-corrected chi connectivity index (χ0v) is 12.4. The van der Waals surface area contributed by atoms with Gasteiger partial charge in [0.05, 0.1) is 0 Å². The Morgan fingerprint density at radius 3 is 2.50 bits per heavy atom. The van der Waals surface area contributed by atoms with E-state index in [2.05, 4.69) is 62.3 Å². The van der Waals surface area contributed by atoms with Crippen molar-refractivity contribution in [3.05, 3.63) is 35.4 Å². The molecule has 1 N–H and O–H groups in total. The third-order valence-electron chi connectivity index (χ3n) is 3.12. The Morgan fingerprint density at radius 2 is 1.89 bits per heavy atom. The molecular weight excluding hydrogens is 220 g/mol. The number of hydrogen-bond donors (Lipinski definition) is 1. The molecule has 0 amide bonds. The van der Waals surface area contributed by atoms with Crippen molar-refractivity contribution in [2.24, 2.45) is 5.92 Å². The summed E-state index contributed by atoms with van der Waals surface area (Å²) >= 11 is 0. The van der Waals surface area contributed by atoms with Gasteiger partial charge in [0.2, 0.25) is 0 Å². The second-order valence-electron chi connectivity index (χ2n) is 5.49. The average molecular weight is 248 g/mol. The van der Waals surface area contributed by atoms with Gasteiger partial charge in [-0.1, -0.05) is 43.7 Å². The Labute approximate surface area is 112 Å². The summed E-state index contributed by atoms with van der Waals surface area (Å²) in [4.78, 5) is 2.41. The lowest BCUT2D eigenvalue weighted by atomic mass is 10.1. The van der Waals surface area contributed by atoms with Gasteiger partial charge >= 0.3 is 0 Å². The predicted molar refractivity (Wildman–Crippen MR) is 79.8 cm³/mol. The summed E-state index contributed by atoms with van der Waals surface area (Å²) in [6.07, 6.45) is 1.21. The van der Waals surface area contributed by atoms with Crippen LogP contribution in [0, 0.1) is 12.8 Å². The molecule has 0 spiro atoms. The van der Waals surface area contributed by atoms with Crippen LogP contribution in [0.15, 0.2) is 24.3 Å². The molecule has 1 rings (SSSR count). The lowest BCUT2D eigenvalue weighted by Crippen LogP contribution is -2.31. The van der Waals surface area contributed by atoms with Crippen LogP contribution in [0.5, 0.6) is 0 Å². The first kappa shape index (κ1) is 15.2. The number of rotatable bonds is 8. The molecule has 0 radical (unpaired) electrons. The van der Waals surface area contributed by atoms with Crippen LogP contribution in [0.25, 0.3) is 0 Å². The van der Waals surface area contributed by atoms with Gasteiger partial charge in [-0.3, -0.25) is 0 Å². The van der Waals surface area contributed by atoms with E-state index in [0.29, 0.717) is 5.92 Å². The number of nitrogens with one attached hydrogen (secondary N) is 1. The van der Waals surface area contributed by atoms with Gasteiger partial charge in [-0.2, -0.15) is 0 Å². The minimum absolute atomic E-state index is 0.701. The van der Waals surface area contributed by atoms with E-state index in [1.54, 1.807) is 0 Å². The third kappa shape index (κ3) is 6.18. The Morgan fingerprint density at radius 1 is 1.22 bits per heavy atom. The normalized spacial score (nSPS) is 12.9. The summed E-state index contributed by atoms with van der Waals surface area (Å²) in [6.45, 7) is 11.1. The number of benzene rings is 1. The molecular formula is C16H28N2. The van der Waals surface area contributed by atoms with Crippen molar-refractivity contribution in [2.75, 3.05) is 26.7 Å². The quantitative estimate of drug-likeness (QED) is 0.711. The molecule has 0 fully saturated rings. The van der Waals surface area contributed by atoms with E-state index in [9.17, 15) is 0 Å². The summed E-state index contributed by atoms with van der Waals surface area (Å²) in [5, 5.41) is 3.48. The predicted octanol–water partition coefficient (Wildman–Crippen LogP) is 3.06. The molecule has 1 atom stereocenters. The summed E-state index contributed by atoms with van der Waals surface area (Å²) in [6, 6.07) is 8.84. The molecule has 0 aliphatic carbocycles. The fraction of sp³-hybridized carbons (Fsp3) is 0.625. The van der Waals surface area contributed by atoms with Gasteiger partial charge in [-0.05, 0) is 45.0 Å². The standard InChI is InChI=1S/C16H28N2/c1-5-10-17-11-15(3)12-18(4)13-16-8-6-14(2)7-9-16/h6-9,15,17H,5,10-13H2,1-4H3. The molecule has 0 aliphatic rings. The third-order valence-corrected chi connectivity index (χ3v) is 3.12. The van der Waals surface area contributed by atoms with Crippen molar-refractivity contribution in [3.63, 3.8) is 0 Å². The van der Waals surface area contributed by atoms with Crippen LogP contribution >= 0.6 is 0 Å². The largest absolute Gasteiger partial charge is 0.316 e. The Balaban J connectivity index is 2.27. The molecule has 0 aliphatic heterocycles. The molecule has 102 valence electrons. The number of hydrogen-bond acceptors (Lipinski definition) is 2. The van der Waals surface area contributed by atoms with Crippen LogP contribution in [0.3, 0.4) is 0 Å². The summed E-state index contributed by atoms with van der Waals surface area (Å²) in [5.74, 6) is 0.701. The maximum absolute atomic E-state index is 3.48. The van der Waals surface area contributed by atoms with Gasteiger partial charge in [-0.25, -0.2) is 0 Å². The fourth-order valence-electron chi connectivity index (χ4n) is 2.19. The van der Waals surface area contributed by atoms with Gasteiger partial charge in [0, 0.05) is 13.1 Å². The van der Waals surface area contributed by atoms with Gasteiger partial charge < -0.3 is 10.2 Å². The first-order valence-electron chi connectivity index (χ1n) is 7.06. The van der Waals surface area contributed by atoms with E-state index in [1.165, 1.54) is 17.5 Å². The first-order chi connectivity index (χ1) is 8.61. The van der Waals surface area contributed by atoms with Crippen LogP contribution in [0.4, 0.5) is 0 Å². The molecule has 0 saturated carbocycles. The summed E-state index contributed by atoms with van der Waals surface area (Å²) < 4.78 is 0. The SMILES string of the molecule is CCCNCC(C)CN(C)Cc1ccc(C)cc1. The summed E-state index contributed by atoms with van der Waals surface area (Å²) in [5.41, 5.74) is 2.73. The highest BCUT2D eigenvalue weighted by Gasteiger charge is 2.06. The van der Waals surface area contributed by atoms with Crippen molar-refractivity contribution in [1.82, 2.24) is 10.2 Å². The topological polar surface area (TPSA) is 15.3 Å². The molecule has 0 aromatic heterocycles. The Bertz CT molecular complexity index is 318. The van der Waals surface area contributed by atoms with Crippen molar-refractivity contribution >= 4 is 0 Å². The minimum atomic E-state index is 0.701. The highest BCUT2D eigenvalue weighted by molar-refractivity contribution is 5.21. The molecule has 1 aromatic carbocycles. The van der Waals surface area contributed by atoms with E-state index in [0.717, 1.165) is 26.2 Å². The zero-order chi connectivity index (χ0) is 13.4. The van der Waals surface area contributed by atoms with Crippen LogP contribution < -0.4 is 5.32 Å². The van der Waals surface area contributed by atoms with Gasteiger partial charge in [0.1, 0.15) is 0 Å². The number of nitrogens with zero attached hydrogens (tertiary/aromatic N) is 1. The first-order valence-corrected chi connectivity index (χ1v) is 7.06. The highest BCUT2D eigenvalue weighted by Crippen LogP contribution is 2.07. The van der Waals surface area contributed by atoms with Gasteiger partial charge in [-0.15, -0.1) is 0 Å². The molecule has 2 heteroatoms. The Kier molecular flexibility index (Phi) is 6.99. The Hall–Kier alpha value is -0.860. The van der Waals surface area contributed by atoms with E-state index in [1.807, 2.05) is 0 Å². The maximum Gasteiger partial charge on any atom is 0.0230 e. The molecule has 18 heavy (non-hydrogen) atoms. The van der Waals surface area contributed by atoms with Crippen LogP contribution in [0.1, 0.15) is 31.4 Å². The zero-order valence-electron chi connectivity index (χ0n) is 12.4. The van der Waals surface area contributed by atoms with Crippen molar-refractivity contribution in [1.29, 1.82) is 0 Å². The van der Waals surface area contributed by atoms with Crippen molar-refractivity contribution in [2.45, 2.75) is 33.7 Å². The minimum Gasteiger partial charge on any atom is -0.316 e. The number of aryl methyl sites for hydroxylation is 1. The highest BCUT2D eigenvalue weighted by atomic mass is 15.1. The van der Waals surface area contributed by atoms with Gasteiger partial charge in [0.25, 0.3) is 0 Å². The second-order valence-corrected chi connectivity index (χ2v) is 5.49. The molecule has 1 unspecified atom stereocenters. The maximum atomic E-state index is 3.48. The van der Waals surface area contributed by atoms with Gasteiger partial charge in [0.15, 0.2) is 0 Å². The average Bonchev–Trinajstić information content (AvgIpc) is 2.32. The second kappa shape index (κ2) is 8.28. The monoisotopic (exact) mass is 248 g/mol. The molecule has 2 nitrogen and oxygen atoms in total. The van der Waals surface area contributed by atoms with E-state index in [-0.39, 0.29) is 0 Å². The summed E-state index contributed by atoms with van der Waals surface area (Å²) in [7, 11) is 2.20. The van der Waals surface area contributed by atoms with Crippen LogP contribution in [-0.2, 0) is 6.54 Å². The lowest BCUT2D eigenvalue weighted by Gasteiger charge is -2.21. The van der Waals surface area contributed by atoms with E-state index >= 15 is 0 Å². The molecule has 0 saturated heterocycles. The van der Waals surface area contributed by atoms with E-state index < -0.39 is 0 Å². The molecule has 0 bridgehead atoms. The van der Waals surface area contributed by atoms with Crippen molar-refractivity contribution in [3.8, 4) is 0 Å². The van der Waals surface area contributed by atoms with Crippen LogP contribution in [0.2, 0.25) is 0 Å². The van der Waals surface area contributed by atoms with Crippen molar-refractivity contribution < 1.29 is 0 Å². The molecule has 0 heterocycles. The van der Waals surface area contributed by atoms with E-state index in [4.69, 9.17) is 0 Å². The lowest BCUT2D eigenvalue weighted by molar-refractivity contribution is 0.274.